The Morgan fingerprint density at radius 1 is 1.24 bits per heavy atom. The highest BCUT2D eigenvalue weighted by Crippen LogP contribution is 2.28. The number of hydrogen-bond donors (Lipinski definition) is 0. The highest BCUT2D eigenvalue weighted by atomic mass is 35.5. The second-order valence-electron chi connectivity index (χ2n) is 4.69. The maximum atomic E-state index is 12.2. The molecule has 0 aliphatic rings. The number of carbonyl (C=O) groups excluding carboxylic acids is 1. The van der Waals surface area contributed by atoms with Crippen molar-refractivity contribution in [2.45, 2.75) is 13.0 Å². The van der Waals surface area contributed by atoms with Crippen molar-refractivity contribution in [3.8, 4) is 0 Å². The Kier molecular flexibility index (Phi) is 5.12. The Balaban J connectivity index is 2.44. The van der Waals surface area contributed by atoms with Gasteiger partial charge >= 0.3 is 0 Å². The average Bonchev–Trinajstić information content (AvgIpc) is 2.50. The SMILES string of the molecule is C/C=C/C(=O)N(C)C(c1ccc(Cl)cc1)c1cccnc1. The minimum atomic E-state index is -0.195. The molecule has 2 aromatic rings. The third-order valence-corrected chi connectivity index (χ3v) is 3.48. The van der Waals surface area contributed by atoms with Gasteiger partial charge in [-0.15, -0.1) is 0 Å². The molecule has 4 heteroatoms. The number of pyridine rings is 1. The molecule has 1 heterocycles. The van der Waals surface area contributed by atoms with E-state index in [2.05, 4.69) is 4.98 Å². The quantitative estimate of drug-likeness (QED) is 0.803. The Labute approximate surface area is 129 Å². The van der Waals surface area contributed by atoms with Gasteiger partial charge in [-0.1, -0.05) is 35.9 Å². The largest absolute Gasteiger partial charge is 0.331 e. The number of carbonyl (C=O) groups is 1. The summed E-state index contributed by atoms with van der Waals surface area (Å²) in [5, 5.41) is 0.672. The first-order chi connectivity index (χ1) is 10.1. The molecule has 3 nitrogen and oxygen atoms in total. The van der Waals surface area contributed by atoms with Gasteiger partial charge in [0.15, 0.2) is 0 Å². The molecule has 21 heavy (non-hydrogen) atoms. The predicted octanol–water partition coefficient (Wildman–Crippen LogP) is 3.86. The molecule has 0 aliphatic heterocycles. The van der Waals surface area contributed by atoms with Crippen LogP contribution in [0.4, 0.5) is 0 Å². The lowest BCUT2D eigenvalue weighted by Gasteiger charge is -2.28. The van der Waals surface area contributed by atoms with E-state index in [-0.39, 0.29) is 11.9 Å². The Bertz CT molecular complexity index is 623. The summed E-state index contributed by atoms with van der Waals surface area (Å²) in [5.41, 5.74) is 1.95. The monoisotopic (exact) mass is 300 g/mol. The summed E-state index contributed by atoms with van der Waals surface area (Å²) in [7, 11) is 1.79. The number of amides is 1. The second-order valence-corrected chi connectivity index (χ2v) is 5.13. The fourth-order valence-electron chi connectivity index (χ4n) is 2.21. The Morgan fingerprint density at radius 2 is 1.95 bits per heavy atom. The maximum absolute atomic E-state index is 12.2. The van der Waals surface area contributed by atoms with Crippen LogP contribution in [0.1, 0.15) is 24.1 Å². The van der Waals surface area contributed by atoms with E-state index in [0.29, 0.717) is 5.02 Å². The van der Waals surface area contributed by atoms with Gasteiger partial charge in [0, 0.05) is 24.5 Å². The molecule has 1 aromatic carbocycles. The number of hydrogen-bond acceptors (Lipinski definition) is 2. The van der Waals surface area contributed by atoms with Crippen LogP contribution in [0, 0.1) is 0 Å². The zero-order valence-electron chi connectivity index (χ0n) is 12.0. The third kappa shape index (κ3) is 3.70. The van der Waals surface area contributed by atoms with Crippen LogP contribution in [0.15, 0.2) is 60.9 Å². The van der Waals surface area contributed by atoms with Gasteiger partial charge in [0.1, 0.15) is 0 Å². The summed E-state index contributed by atoms with van der Waals surface area (Å²) in [6.45, 7) is 1.83. The van der Waals surface area contributed by atoms with Crippen molar-refractivity contribution >= 4 is 17.5 Å². The number of allylic oxidation sites excluding steroid dienone is 1. The van der Waals surface area contributed by atoms with Gasteiger partial charge in [0.25, 0.3) is 0 Å². The number of nitrogens with zero attached hydrogens (tertiary/aromatic N) is 2. The standard InChI is InChI=1S/C17H17ClN2O/c1-3-5-16(21)20(2)17(14-6-4-11-19-12-14)13-7-9-15(18)10-8-13/h3-12,17H,1-2H3/b5-3+. The summed E-state index contributed by atoms with van der Waals surface area (Å²) in [4.78, 5) is 18.0. The van der Waals surface area contributed by atoms with Gasteiger partial charge in [-0.3, -0.25) is 9.78 Å². The summed E-state index contributed by atoms with van der Waals surface area (Å²) >= 11 is 5.95. The number of aromatic nitrogens is 1. The molecule has 0 spiro atoms. The number of benzene rings is 1. The normalized spacial score (nSPS) is 12.3. The number of halogens is 1. The topological polar surface area (TPSA) is 33.2 Å². The summed E-state index contributed by atoms with van der Waals surface area (Å²) in [6.07, 6.45) is 6.79. The van der Waals surface area contributed by atoms with Crippen molar-refractivity contribution in [2.24, 2.45) is 0 Å². The fraction of sp³-hybridized carbons (Fsp3) is 0.176. The molecular weight excluding hydrogens is 284 g/mol. The van der Waals surface area contributed by atoms with Crippen molar-refractivity contribution in [2.75, 3.05) is 7.05 Å². The smallest absolute Gasteiger partial charge is 0.246 e. The first kappa shape index (κ1) is 15.3. The van der Waals surface area contributed by atoms with Crippen molar-refractivity contribution in [3.63, 3.8) is 0 Å². The summed E-state index contributed by atoms with van der Waals surface area (Å²) in [5.74, 6) is -0.0543. The Morgan fingerprint density at radius 3 is 2.52 bits per heavy atom. The van der Waals surface area contributed by atoms with Gasteiger partial charge < -0.3 is 4.90 Å². The minimum Gasteiger partial charge on any atom is -0.331 e. The molecule has 1 atom stereocenters. The molecule has 0 aliphatic carbocycles. The molecule has 0 radical (unpaired) electrons. The lowest BCUT2D eigenvalue weighted by molar-refractivity contribution is -0.126. The van der Waals surface area contributed by atoms with Crippen molar-refractivity contribution in [3.05, 3.63) is 77.1 Å². The summed E-state index contributed by atoms with van der Waals surface area (Å²) < 4.78 is 0. The van der Waals surface area contributed by atoms with Crippen LogP contribution in [-0.2, 0) is 4.79 Å². The van der Waals surface area contributed by atoms with Crippen molar-refractivity contribution in [1.82, 2.24) is 9.88 Å². The van der Waals surface area contributed by atoms with E-state index in [9.17, 15) is 4.79 Å². The zero-order valence-corrected chi connectivity index (χ0v) is 12.8. The molecule has 0 bridgehead atoms. The molecule has 0 saturated carbocycles. The van der Waals surface area contributed by atoms with Gasteiger partial charge in [-0.25, -0.2) is 0 Å². The van der Waals surface area contributed by atoms with Gasteiger partial charge in [0.2, 0.25) is 5.91 Å². The minimum absolute atomic E-state index is 0.0543. The number of likely N-dealkylation sites (N-methyl/N-ethyl adjacent to an activating group) is 1. The molecule has 0 N–H and O–H groups in total. The van der Waals surface area contributed by atoms with Crippen LogP contribution < -0.4 is 0 Å². The average molecular weight is 301 g/mol. The highest BCUT2D eigenvalue weighted by molar-refractivity contribution is 6.30. The van der Waals surface area contributed by atoms with Crippen LogP contribution >= 0.6 is 11.6 Å². The lowest BCUT2D eigenvalue weighted by Crippen LogP contribution is -2.30. The van der Waals surface area contributed by atoms with Crippen LogP contribution in [0.25, 0.3) is 0 Å². The molecule has 1 amide bonds. The highest BCUT2D eigenvalue weighted by Gasteiger charge is 2.22. The van der Waals surface area contributed by atoms with Crippen LogP contribution in [0.5, 0.6) is 0 Å². The molecule has 1 aromatic heterocycles. The third-order valence-electron chi connectivity index (χ3n) is 3.23. The first-order valence-corrected chi connectivity index (χ1v) is 7.06. The molecular formula is C17H17ClN2O. The van der Waals surface area contributed by atoms with E-state index >= 15 is 0 Å². The van der Waals surface area contributed by atoms with E-state index in [1.807, 2.05) is 43.3 Å². The van der Waals surface area contributed by atoms with Crippen LogP contribution in [0.3, 0.4) is 0 Å². The van der Waals surface area contributed by atoms with Gasteiger partial charge in [0.05, 0.1) is 6.04 Å². The molecule has 0 fully saturated rings. The lowest BCUT2D eigenvalue weighted by atomic mass is 9.99. The van der Waals surface area contributed by atoms with E-state index in [0.717, 1.165) is 11.1 Å². The van der Waals surface area contributed by atoms with Gasteiger partial charge in [-0.2, -0.15) is 0 Å². The molecule has 0 saturated heterocycles. The molecule has 2 rings (SSSR count). The number of rotatable bonds is 4. The molecule has 108 valence electrons. The fourth-order valence-corrected chi connectivity index (χ4v) is 2.34. The summed E-state index contributed by atoms with van der Waals surface area (Å²) in [6, 6.07) is 11.2. The second kappa shape index (κ2) is 7.04. The van der Waals surface area contributed by atoms with E-state index in [1.54, 1.807) is 36.5 Å². The van der Waals surface area contributed by atoms with E-state index in [4.69, 9.17) is 11.6 Å². The van der Waals surface area contributed by atoms with Gasteiger partial charge in [-0.05, 0) is 42.3 Å². The van der Waals surface area contributed by atoms with Crippen LogP contribution in [0.2, 0.25) is 5.02 Å². The predicted molar refractivity (Wildman–Crippen MR) is 85.1 cm³/mol. The van der Waals surface area contributed by atoms with E-state index < -0.39 is 0 Å². The van der Waals surface area contributed by atoms with Crippen molar-refractivity contribution in [1.29, 1.82) is 0 Å². The maximum Gasteiger partial charge on any atom is 0.246 e. The molecule has 1 unspecified atom stereocenters. The Hall–Kier alpha value is -2.13. The zero-order chi connectivity index (χ0) is 15.2. The van der Waals surface area contributed by atoms with Crippen LogP contribution in [-0.4, -0.2) is 22.8 Å². The van der Waals surface area contributed by atoms with E-state index in [1.165, 1.54) is 0 Å². The first-order valence-electron chi connectivity index (χ1n) is 6.68. The van der Waals surface area contributed by atoms with Crippen molar-refractivity contribution < 1.29 is 4.79 Å².